The normalized spacial score (nSPS) is 53.9. The average Bonchev–Trinajstić information content (AvgIpc) is 2.77. The first-order chi connectivity index (χ1) is 10.4. The number of fused-ring (bicyclic) bond motifs is 5. The number of hydrogen-bond donors (Lipinski definition) is 3. The lowest BCUT2D eigenvalue weighted by atomic mass is 9.45. The Morgan fingerprint density at radius 3 is 2.73 bits per heavy atom. The maximum atomic E-state index is 10.2. The Kier molecular flexibility index (Phi) is 3.01. The predicted octanol–water partition coefficient (Wildman–Crippen LogP) is 3.50. The van der Waals surface area contributed by atoms with Crippen LogP contribution in [0.5, 0.6) is 0 Å². The standard InChI is InChI=1S/C19H29NO2/c1-18-8-7-14-12(13(18)5-6-17(18)20)4-3-11-9-15(21)16(22)10-19(11,14)2/h6,9,11-14,16,21-22H,3-5,7-8,10,20H2,1-2H3/t11-,12+,13+,14+,16?,18+,19+/m1/s1. The van der Waals surface area contributed by atoms with Gasteiger partial charge in [0.2, 0.25) is 0 Å². The van der Waals surface area contributed by atoms with Crippen LogP contribution in [0.2, 0.25) is 0 Å². The maximum absolute atomic E-state index is 10.2. The molecule has 2 saturated carbocycles. The fourth-order valence-corrected chi connectivity index (χ4v) is 6.50. The van der Waals surface area contributed by atoms with Crippen molar-refractivity contribution in [2.75, 3.05) is 0 Å². The van der Waals surface area contributed by atoms with E-state index in [-0.39, 0.29) is 16.6 Å². The van der Waals surface area contributed by atoms with Gasteiger partial charge in [0.05, 0.1) is 0 Å². The minimum atomic E-state index is -0.667. The molecule has 2 fully saturated rings. The molecule has 4 aliphatic rings. The van der Waals surface area contributed by atoms with Crippen LogP contribution < -0.4 is 5.73 Å². The lowest BCUT2D eigenvalue weighted by Gasteiger charge is -2.59. The molecule has 0 aromatic rings. The molecule has 22 heavy (non-hydrogen) atoms. The van der Waals surface area contributed by atoms with E-state index < -0.39 is 6.10 Å². The first kappa shape index (κ1) is 14.6. The molecule has 4 N–H and O–H groups in total. The second-order valence-electron chi connectivity index (χ2n) is 8.73. The van der Waals surface area contributed by atoms with Gasteiger partial charge in [0, 0.05) is 11.1 Å². The topological polar surface area (TPSA) is 66.5 Å². The Morgan fingerprint density at radius 2 is 1.95 bits per heavy atom. The summed E-state index contributed by atoms with van der Waals surface area (Å²) in [6, 6.07) is 0. The number of hydrogen-bond acceptors (Lipinski definition) is 3. The van der Waals surface area contributed by atoms with Crippen LogP contribution >= 0.6 is 0 Å². The van der Waals surface area contributed by atoms with Crippen LogP contribution in [0, 0.1) is 34.5 Å². The van der Waals surface area contributed by atoms with E-state index in [1.54, 1.807) is 0 Å². The van der Waals surface area contributed by atoms with E-state index in [2.05, 4.69) is 19.9 Å². The molecule has 3 heteroatoms. The van der Waals surface area contributed by atoms with Crippen LogP contribution in [0.3, 0.4) is 0 Å². The molecule has 122 valence electrons. The highest BCUT2D eigenvalue weighted by Gasteiger charge is 2.58. The van der Waals surface area contributed by atoms with Crippen molar-refractivity contribution in [2.24, 2.45) is 40.2 Å². The third kappa shape index (κ3) is 1.72. The fraction of sp³-hybridized carbons (Fsp3) is 0.789. The molecule has 3 nitrogen and oxygen atoms in total. The lowest BCUT2D eigenvalue weighted by molar-refractivity contribution is -0.0965. The number of aliphatic hydroxyl groups is 2. The molecule has 0 radical (unpaired) electrons. The molecular formula is C19H29NO2. The Morgan fingerprint density at radius 1 is 1.18 bits per heavy atom. The van der Waals surface area contributed by atoms with Gasteiger partial charge >= 0.3 is 0 Å². The van der Waals surface area contributed by atoms with E-state index in [1.165, 1.54) is 19.3 Å². The molecule has 0 spiro atoms. The van der Waals surface area contributed by atoms with E-state index in [9.17, 15) is 10.2 Å². The van der Waals surface area contributed by atoms with Gasteiger partial charge in [0.15, 0.2) is 0 Å². The summed E-state index contributed by atoms with van der Waals surface area (Å²) in [6.45, 7) is 4.72. The van der Waals surface area contributed by atoms with Gasteiger partial charge in [-0.3, -0.25) is 0 Å². The molecule has 0 bridgehead atoms. The summed E-state index contributed by atoms with van der Waals surface area (Å²) in [4.78, 5) is 0. The van der Waals surface area contributed by atoms with Crippen molar-refractivity contribution in [3.63, 3.8) is 0 Å². The van der Waals surface area contributed by atoms with Gasteiger partial charge in [0.25, 0.3) is 0 Å². The highest BCUT2D eigenvalue weighted by Crippen LogP contribution is 2.65. The fourth-order valence-electron chi connectivity index (χ4n) is 6.50. The van der Waals surface area contributed by atoms with Crippen LogP contribution in [-0.4, -0.2) is 16.3 Å². The molecule has 0 aromatic heterocycles. The highest BCUT2D eigenvalue weighted by molar-refractivity contribution is 5.24. The summed E-state index contributed by atoms with van der Waals surface area (Å²) < 4.78 is 0. The summed E-state index contributed by atoms with van der Waals surface area (Å²) in [5.41, 5.74) is 7.78. The van der Waals surface area contributed by atoms with Crippen LogP contribution in [0.15, 0.2) is 23.6 Å². The molecule has 0 heterocycles. The third-order valence-electron chi connectivity index (χ3n) is 7.93. The summed E-state index contributed by atoms with van der Waals surface area (Å²) in [7, 11) is 0. The minimum Gasteiger partial charge on any atom is -0.510 e. The SMILES string of the molecule is C[C@]12CC(O)C(O)=C[C@H]1CC[C@@H]1[C@@H]2CC[C@]2(C)C(N)=CC[C@@H]12. The van der Waals surface area contributed by atoms with Crippen LogP contribution in [0.4, 0.5) is 0 Å². The molecule has 0 aromatic carbocycles. The zero-order chi connectivity index (χ0) is 15.7. The van der Waals surface area contributed by atoms with Crippen LogP contribution in [0.25, 0.3) is 0 Å². The largest absolute Gasteiger partial charge is 0.510 e. The first-order valence-electron chi connectivity index (χ1n) is 8.91. The third-order valence-corrected chi connectivity index (χ3v) is 7.93. The van der Waals surface area contributed by atoms with Crippen LogP contribution in [0.1, 0.15) is 52.4 Å². The van der Waals surface area contributed by atoms with E-state index in [0.717, 1.165) is 24.5 Å². The van der Waals surface area contributed by atoms with Gasteiger partial charge in [-0.05, 0) is 73.7 Å². The smallest absolute Gasteiger partial charge is 0.117 e. The predicted molar refractivity (Wildman–Crippen MR) is 86.9 cm³/mol. The van der Waals surface area contributed by atoms with Crippen LogP contribution in [-0.2, 0) is 0 Å². The second-order valence-corrected chi connectivity index (χ2v) is 8.73. The zero-order valence-electron chi connectivity index (χ0n) is 13.8. The van der Waals surface area contributed by atoms with Gasteiger partial charge in [-0.1, -0.05) is 19.9 Å². The Balaban J connectivity index is 1.67. The summed E-state index contributed by atoms with van der Waals surface area (Å²) in [6.07, 6.45) is 10.2. The minimum absolute atomic E-state index is 0.132. The molecule has 0 aliphatic heterocycles. The molecular weight excluding hydrogens is 274 g/mol. The highest BCUT2D eigenvalue weighted by atomic mass is 16.3. The van der Waals surface area contributed by atoms with Crippen molar-refractivity contribution < 1.29 is 10.2 Å². The quantitative estimate of drug-likeness (QED) is 0.641. The van der Waals surface area contributed by atoms with Crippen molar-refractivity contribution in [1.29, 1.82) is 0 Å². The van der Waals surface area contributed by atoms with Gasteiger partial charge < -0.3 is 15.9 Å². The summed E-state index contributed by atoms with van der Waals surface area (Å²) in [5.74, 6) is 2.68. The average molecular weight is 303 g/mol. The molecule has 1 unspecified atom stereocenters. The second kappa shape index (κ2) is 4.53. The van der Waals surface area contributed by atoms with Crippen molar-refractivity contribution in [3.8, 4) is 0 Å². The van der Waals surface area contributed by atoms with Gasteiger partial charge in [-0.25, -0.2) is 0 Å². The summed E-state index contributed by atoms with van der Waals surface area (Å²) in [5, 5.41) is 20.1. The van der Waals surface area contributed by atoms with Crippen molar-refractivity contribution >= 4 is 0 Å². The van der Waals surface area contributed by atoms with E-state index in [4.69, 9.17) is 5.73 Å². The van der Waals surface area contributed by atoms with E-state index >= 15 is 0 Å². The van der Waals surface area contributed by atoms with Crippen molar-refractivity contribution in [3.05, 3.63) is 23.6 Å². The maximum Gasteiger partial charge on any atom is 0.117 e. The number of rotatable bonds is 0. The van der Waals surface area contributed by atoms with Crippen molar-refractivity contribution in [1.82, 2.24) is 0 Å². The first-order valence-corrected chi connectivity index (χ1v) is 8.91. The molecule has 0 amide bonds. The zero-order valence-corrected chi connectivity index (χ0v) is 13.8. The van der Waals surface area contributed by atoms with E-state index in [0.29, 0.717) is 24.2 Å². The molecule has 4 rings (SSSR count). The van der Waals surface area contributed by atoms with Gasteiger partial charge in [-0.15, -0.1) is 0 Å². The Bertz CT molecular complexity index is 554. The lowest BCUT2D eigenvalue weighted by Crippen LogP contribution is -2.53. The number of aliphatic hydroxyl groups excluding tert-OH is 2. The van der Waals surface area contributed by atoms with Gasteiger partial charge in [-0.2, -0.15) is 0 Å². The Hall–Kier alpha value is -0.960. The molecule has 7 atom stereocenters. The molecule has 0 saturated heterocycles. The summed E-state index contributed by atoms with van der Waals surface area (Å²) >= 11 is 0. The van der Waals surface area contributed by atoms with E-state index in [1.807, 2.05) is 6.08 Å². The van der Waals surface area contributed by atoms with Crippen molar-refractivity contribution in [2.45, 2.75) is 58.5 Å². The number of allylic oxidation sites excluding steroid dienone is 3. The number of nitrogens with two attached hydrogens (primary N) is 1. The molecule has 4 aliphatic carbocycles. The van der Waals surface area contributed by atoms with Gasteiger partial charge in [0.1, 0.15) is 11.9 Å². The monoisotopic (exact) mass is 303 g/mol. The Labute approximate surface area is 133 Å².